The van der Waals surface area contributed by atoms with Crippen LogP contribution in [0.2, 0.25) is 0 Å². The molecule has 0 heterocycles. The van der Waals surface area contributed by atoms with Crippen LogP contribution in [-0.4, -0.2) is 30.8 Å². The topological polar surface area (TPSA) is 87.7 Å². The molecular weight excluding hydrogens is 308 g/mol. The first kappa shape index (κ1) is 17.5. The van der Waals surface area contributed by atoms with Crippen LogP contribution in [0.3, 0.4) is 0 Å². The fourth-order valence-electron chi connectivity index (χ4n) is 2.34. The third-order valence-corrected chi connectivity index (χ3v) is 3.68. The maximum atomic E-state index is 12.2. The van der Waals surface area contributed by atoms with Gasteiger partial charge in [-0.15, -0.1) is 0 Å². The molecule has 0 radical (unpaired) electrons. The first-order valence-electron chi connectivity index (χ1n) is 7.48. The van der Waals surface area contributed by atoms with Crippen LogP contribution in [0.1, 0.15) is 27.5 Å². The lowest BCUT2D eigenvalue weighted by Crippen LogP contribution is -2.34. The van der Waals surface area contributed by atoms with Crippen LogP contribution in [0.5, 0.6) is 0 Å². The SMILES string of the molecule is COC(=O)c1cccc(NC(=O)NC(CO)c2ccccc2)c1C. The molecule has 0 spiro atoms. The number of methoxy groups -OCH3 is 1. The molecule has 0 aliphatic rings. The highest BCUT2D eigenvalue weighted by Crippen LogP contribution is 2.20. The fraction of sp³-hybridized carbons (Fsp3) is 0.222. The van der Waals surface area contributed by atoms with E-state index in [2.05, 4.69) is 10.6 Å². The molecule has 0 fully saturated rings. The monoisotopic (exact) mass is 328 g/mol. The minimum atomic E-state index is -0.518. The summed E-state index contributed by atoms with van der Waals surface area (Å²) in [6.45, 7) is 1.50. The number of amides is 2. The number of nitrogens with one attached hydrogen (secondary N) is 2. The van der Waals surface area contributed by atoms with Gasteiger partial charge >= 0.3 is 12.0 Å². The number of esters is 1. The number of hydrogen-bond acceptors (Lipinski definition) is 4. The zero-order valence-corrected chi connectivity index (χ0v) is 13.6. The highest BCUT2D eigenvalue weighted by atomic mass is 16.5. The van der Waals surface area contributed by atoms with Gasteiger partial charge in [0, 0.05) is 5.69 Å². The maximum Gasteiger partial charge on any atom is 0.338 e. The van der Waals surface area contributed by atoms with E-state index in [-0.39, 0.29) is 6.61 Å². The number of benzene rings is 2. The van der Waals surface area contributed by atoms with Gasteiger partial charge in [0.2, 0.25) is 0 Å². The summed E-state index contributed by atoms with van der Waals surface area (Å²) in [6, 6.07) is 13.2. The highest BCUT2D eigenvalue weighted by molar-refractivity contribution is 5.96. The molecule has 0 saturated heterocycles. The normalized spacial score (nSPS) is 11.5. The van der Waals surface area contributed by atoms with Crippen LogP contribution in [0.15, 0.2) is 48.5 Å². The Kier molecular flexibility index (Phi) is 5.92. The predicted molar refractivity (Wildman–Crippen MR) is 90.9 cm³/mol. The Balaban J connectivity index is 2.11. The second-order valence-electron chi connectivity index (χ2n) is 5.21. The number of aliphatic hydroxyl groups is 1. The summed E-state index contributed by atoms with van der Waals surface area (Å²) in [7, 11) is 1.31. The van der Waals surface area contributed by atoms with E-state index in [0.717, 1.165) is 5.56 Å². The molecule has 126 valence electrons. The van der Waals surface area contributed by atoms with Gasteiger partial charge in [-0.25, -0.2) is 9.59 Å². The van der Waals surface area contributed by atoms with E-state index in [1.807, 2.05) is 30.3 Å². The molecule has 24 heavy (non-hydrogen) atoms. The number of rotatable bonds is 5. The molecule has 2 amide bonds. The summed E-state index contributed by atoms with van der Waals surface area (Å²) in [5.41, 5.74) is 2.30. The minimum absolute atomic E-state index is 0.224. The van der Waals surface area contributed by atoms with Crippen LogP contribution >= 0.6 is 0 Å². The average molecular weight is 328 g/mol. The van der Waals surface area contributed by atoms with Crippen molar-refractivity contribution in [2.24, 2.45) is 0 Å². The summed E-state index contributed by atoms with van der Waals surface area (Å²) >= 11 is 0. The number of hydrogen-bond donors (Lipinski definition) is 3. The Morgan fingerprint density at radius 3 is 2.46 bits per heavy atom. The van der Waals surface area contributed by atoms with Gasteiger partial charge in [0.15, 0.2) is 0 Å². The zero-order chi connectivity index (χ0) is 17.5. The largest absolute Gasteiger partial charge is 0.465 e. The van der Waals surface area contributed by atoms with Crippen LogP contribution in [0.4, 0.5) is 10.5 Å². The summed E-state index contributed by atoms with van der Waals surface area (Å²) < 4.78 is 4.72. The third-order valence-electron chi connectivity index (χ3n) is 3.68. The van der Waals surface area contributed by atoms with E-state index >= 15 is 0 Å². The van der Waals surface area contributed by atoms with Crippen molar-refractivity contribution in [2.45, 2.75) is 13.0 Å². The smallest absolute Gasteiger partial charge is 0.338 e. The molecule has 0 aliphatic carbocycles. The van der Waals surface area contributed by atoms with Crippen molar-refractivity contribution < 1.29 is 19.4 Å². The lowest BCUT2D eigenvalue weighted by molar-refractivity contribution is 0.0600. The molecule has 3 N–H and O–H groups in total. The molecule has 2 rings (SSSR count). The first-order chi connectivity index (χ1) is 11.6. The second kappa shape index (κ2) is 8.12. The quantitative estimate of drug-likeness (QED) is 0.736. The summed E-state index contributed by atoms with van der Waals surface area (Å²) in [5.74, 6) is -0.464. The van der Waals surface area contributed by atoms with Crippen molar-refractivity contribution in [3.05, 3.63) is 65.2 Å². The second-order valence-corrected chi connectivity index (χ2v) is 5.21. The van der Waals surface area contributed by atoms with Crippen LogP contribution in [-0.2, 0) is 4.74 Å². The molecule has 2 aromatic carbocycles. The molecule has 1 atom stereocenters. The Labute approximate surface area is 140 Å². The van der Waals surface area contributed by atoms with E-state index in [1.54, 1.807) is 25.1 Å². The summed E-state index contributed by atoms with van der Waals surface area (Å²) in [6.07, 6.45) is 0. The maximum absolute atomic E-state index is 12.2. The van der Waals surface area contributed by atoms with E-state index in [1.165, 1.54) is 7.11 Å². The van der Waals surface area contributed by atoms with Gasteiger partial charge in [0.05, 0.1) is 25.3 Å². The number of ether oxygens (including phenoxy) is 1. The molecule has 0 aromatic heterocycles. The Morgan fingerprint density at radius 1 is 1.12 bits per heavy atom. The first-order valence-corrected chi connectivity index (χ1v) is 7.48. The Hall–Kier alpha value is -2.86. The zero-order valence-electron chi connectivity index (χ0n) is 13.6. The Bertz CT molecular complexity index is 716. The molecule has 0 aliphatic heterocycles. The molecule has 0 bridgehead atoms. The number of anilines is 1. The summed E-state index contributed by atoms with van der Waals surface area (Å²) in [5, 5.41) is 14.9. The van der Waals surface area contributed by atoms with Gasteiger partial charge in [-0.2, -0.15) is 0 Å². The van der Waals surface area contributed by atoms with E-state index in [9.17, 15) is 14.7 Å². The molecule has 6 heteroatoms. The average Bonchev–Trinajstić information content (AvgIpc) is 2.61. The van der Waals surface area contributed by atoms with Crippen molar-refractivity contribution in [3.8, 4) is 0 Å². The van der Waals surface area contributed by atoms with E-state index in [0.29, 0.717) is 16.8 Å². The van der Waals surface area contributed by atoms with Crippen molar-refractivity contribution in [1.29, 1.82) is 0 Å². The van der Waals surface area contributed by atoms with Crippen molar-refractivity contribution in [3.63, 3.8) is 0 Å². The van der Waals surface area contributed by atoms with E-state index in [4.69, 9.17) is 4.74 Å². The lowest BCUT2D eigenvalue weighted by Gasteiger charge is -2.18. The number of carbonyl (C=O) groups is 2. The van der Waals surface area contributed by atoms with Crippen LogP contribution in [0.25, 0.3) is 0 Å². The lowest BCUT2D eigenvalue weighted by atomic mass is 10.1. The Morgan fingerprint density at radius 2 is 1.83 bits per heavy atom. The molecular formula is C18H20N2O4. The molecule has 2 aromatic rings. The van der Waals surface area contributed by atoms with Crippen LogP contribution in [0, 0.1) is 6.92 Å². The van der Waals surface area contributed by atoms with Gasteiger partial charge < -0.3 is 20.5 Å². The number of carbonyl (C=O) groups excluding carboxylic acids is 2. The molecule has 6 nitrogen and oxygen atoms in total. The fourth-order valence-corrected chi connectivity index (χ4v) is 2.34. The molecule has 1 unspecified atom stereocenters. The predicted octanol–water partition coefficient (Wildman–Crippen LogP) is 2.64. The van der Waals surface area contributed by atoms with Crippen molar-refractivity contribution in [1.82, 2.24) is 5.32 Å². The van der Waals surface area contributed by atoms with E-state index < -0.39 is 18.0 Å². The van der Waals surface area contributed by atoms with Gasteiger partial charge in [0.25, 0.3) is 0 Å². The third kappa shape index (κ3) is 4.11. The number of urea groups is 1. The molecule has 0 saturated carbocycles. The number of aliphatic hydroxyl groups excluding tert-OH is 1. The van der Waals surface area contributed by atoms with Gasteiger partial charge in [0.1, 0.15) is 0 Å². The highest BCUT2D eigenvalue weighted by Gasteiger charge is 2.16. The standard InChI is InChI=1S/C18H20N2O4/c1-12-14(17(22)24-2)9-6-10-15(12)19-18(23)20-16(11-21)13-7-4-3-5-8-13/h3-10,16,21H,11H2,1-2H3,(H2,19,20,23). The summed E-state index contributed by atoms with van der Waals surface area (Å²) in [4.78, 5) is 23.9. The van der Waals surface area contributed by atoms with Gasteiger partial charge in [-0.3, -0.25) is 0 Å². The van der Waals surface area contributed by atoms with Crippen molar-refractivity contribution in [2.75, 3.05) is 19.0 Å². The van der Waals surface area contributed by atoms with Gasteiger partial charge in [-0.1, -0.05) is 36.4 Å². The van der Waals surface area contributed by atoms with Crippen molar-refractivity contribution >= 4 is 17.7 Å². The minimum Gasteiger partial charge on any atom is -0.465 e. The van der Waals surface area contributed by atoms with Gasteiger partial charge in [-0.05, 0) is 30.2 Å². The van der Waals surface area contributed by atoms with Crippen LogP contribution < -0.4 is 10.6 Å².